The van der Waals surface area contributed by atoms with Crippen molar-refractivity contribution in [1.29, 1.82) is 0 Å². The summed E-state index contributed by atoms with van der Waals surface area (Å²) in [5, 5.41) is 5.49. The average Bonchev–Trinajstić information content (AvgIpc) is 3.42. The summed E-state index contributed by atoms with van der Waals surface area (Å²) < 4.78 is 39.7. The third-order valence-corrected chi connectivity index (χ3v) is 4.39. The van der Waals surface area contributed by atoms with Gasteiger partial charge >= 0.3 is 0 Å². The van der Waals surface area contributed by atoms with Gasteiger partial charge in [-0.15, -0.1) is 0 Å². The van der Waals surface area contributed by atoms with Crippen LogP contribution >= 0.6 is 11.6 Å². The van der Waals surface area contributed by atoms with Crippen molar-refractivity contribution in [3.63, 3.8) is 0 Å². The van der Waals surface area contributed by atoms with Gasteiger partial charge < -0.3 is 10.6 Å². The van der Waals surface area contributed by atoms with Gasteiger partial charge in [0.15, 0.2) is 17.5 Å². The van der Waals surface area contributed by atoms with Gasteiger partial charge in [-0.05, 0) is 36.2 Å². The van der Waals surface area contributed by atoms with E-state index < -0.39 is 40.9 Å². The summed E-state index contributed by atoms with van der Waals surface area (Å²) in [5.41, 5.74) is 0.398. The molecule has 2 N–H and O–H groups in total. The quantitative estimate of drug-likeness (QED) is 0.775. The predicted molar refractivity (Wildman–Crippen MR) is 89.8 cm³/mol. The summed E-state index contributed by atoms with van der Waals surface area (Å²) in [4.78, 5) is 24.1. The molecular formula is C18H14ClF3N2O2. The lowest BCUT2D eigenvalue weighted by atomic mass is 10.2. The van der Waals surface area contributed by atoms with Gasteiger partial charge in [-0.25, -0.2) is 13.2 Å². The van der Waals surface area contributed by atoms with Crippen molar-refractivity contribution in [2.45, 2.75) is 13.0 Å². The Hall–Kier alpha value is -2.54. The normalized spacial score (nSPS) is 18.3. The Morgan fingerprint density at radius 2 is 1.62 bits per heavy atom. The number of amides is 2. The number of benzene rings is 2. The monoisotopic (exact) mass is 382 g/mol. The van der Waals surface area contributed by atoms with Crippen molar-refractivity contribution < 1.29 is 22.8 Å². The molecular weight excluding hydrogens is 369 g/mol. The van der Waals surface area contributed by atoms with E-state index in [2.05, 4.69) is 10.6 Å². The van der Waals surface area contributed by atoms with Gasteiger partial charge in [-0.3, -0.25) is 9.59 Å². The number of hydrogen-bond acceptors (Lipinski definition) is 2. The van der Waals surface area contributed by atoms with Crippen LogP contribution in [-0.2, 0) is 16.1 Å². The number of anilines is 1. The second-order valence-corrected chi connectivity index (χ2v) is 6.44. The van der Waals surface area contributed by atoms with Crippen LogP contribution in [0.4, 0.5) is 18.9 Å². The summed E-state index contributed by atoms with van der Waals surface area (Å²) in [6.45, 7) is 0.290. The van der Waals surface area contributed by atoms with E-state index in [4.69, 9.17) is 11.6 Å². The fourth-order valence-corrected chi connectivity index (χ4v) is 2.67. The highest BCUT2D eigenvalue weighted by atomic mass is 35.5. The fraction of sp³-hybridized carbons (Fsp3) is 0.222. The molecule has 0 saturated heterocycles. The first-order chi connectivity index (χ1) is 12.4. The molecule has 0 bridgehead atoms. The SMILES string of the molecule is O=C(NCc1ccc(Cl)cc1)C1CC1C(=O)Nc1ccc(F)c(F)c1F. The summed E-state index contributed by atoms with van der Waals surface area (Å²) in [6.07, 6.45) is 0.309. The zero-order valence-electron chi connectivity index (χ0n) is 13.4. The Labute approximate surface area is 152 Å². The average molecular weight is 383 g/mol. The Kier molecular flexibility index (Phi) is 5.18. The summed E-state index contributed by atoms with van der Waals surface area (Å²) in [6, 6.07) is 8.59. The Morgan fingerprint density at radius 3 is 2.31 bits per heavy atom. The molecule has 2 atom stereocenters. The zero-order valence-corrected chi connectivity index (χ0v) is 14.1. The first-order valence-electron chi connectivity index (χ1n) is 7.83. The van der Waals surface area contributed by atoms with Crippen molar-refractivity contribution in [2.24, 2.45) is 11.8 Å². The molecule has 2 unspecified atom stereocenters. The third kappa shape index (κ3) is 3.99. The highest BCUT2D eigenvalue weighted by molar-refractivity contribution is 6.30. The minimum absolute atomic E-state index is 0.290. The smallest absolute Gasteiger partial charge is 0.228 e. The number of halogens is 4. The molecule has 0 spiro atoms. The lowest BCUT2D eigenvalue weighted by Crippen LogP contribution is -2.27. The van der Waals surface area contributed by atoms with E-state index in [1.54, 1.807) is 24.3 Å². The molecule has 2 aromatic carbocycles. The number of hydrogen-bond donors (Lipinski definition) is 2. The van der Waals surface area contributed by atoms with E-state index in [0.29, 0.717) is 18.0 Å². The minimum Gasteiger partial charge on any atom is -0.352 e. The number of nitrogens with one attached hydrogen (secondary N) is 2. The molecule has 4 nitrogen and oxygen atoms in total. The molecule has 3 rings (SSSR count). The van der Waals surface area contributed by atoms with Crippen LogP contribution in [0.3, 0.4) is 0 Å². The maximum absolute atomic E-state index is 13.6. The zero-order chi connectivity index (χ0) is 18.8. The summed E-state index contributed by atoms with van der Waals surface area (Å²) >= 11 is 5.78. The Morgan fingerprint density at radius 1 is 0.962 bits per heavy atom. The summed E-state index contributed by atoms with van der Waals surface area (Å²) in [7, 11) is 0. The van der Waals surface area contributed by atoms with E-state index in [0.717, 1.165) is 17.7 Å². The first kappa shape index (κ1) is 18.3. The molecule has 1 aliphatic carbocycles. The molecule has 2 amide bonds. The van der Waals surface area contributed by atoms with Gasteiger partial charge in [0.05, 0.1) is 17.5 Å². The van der Waals surface area contributed by atoms with E-state index in [1.165, 1.54) is 0 Å². The van der Waals surface area contributed by atoms with Gasteiger partial charge in [0, 0.05) is 11.6 Å². The molecule has 0 aliphatic heterocycles. The number of carbonyl (C=O) groups is 2. The standard InChI is InChI=1S/C18H14ClF3N2O2/c19-10-3-1-9(2-4-10)8-23-17(25)11-7-12(11)18(26)24-14-6-5-13(20)15(21)16(14)22/h1-6,11-12H,7-8H2,(H,23,25)(H,24,26). The number of carbonyl (C=O) groups excluding carboxylic acids is 2. The van der Waals surface area contributed by atoms with Crippen LogP contribution in [-0.4, -0.2) is 11.8 Å². The molecule has 0 radical (unpaired) electrons. The van der Waals surface area contributed by atoms with Crippen LogP contribution in [0.1, 0.15) is 12.0 Å². The second kappa shape index (κ2) is 7.37. The fourth-order valence-electron chi connectivity index (χ4n) is 2.54. The molecule has 26 heavy (non-hydrogen) atoms. The predicted octanol–water partition coefficient (Wildman–Crippen LogP) is 3.65. The lowest BCUT2D eigenvalue weighted by molar-refractivity contribution is -0.125. The molecule has 1 fully saturated rings. The largest absolute Gasteiger partial charge is 0.352 e. The molecule has 136 valence electrons. The van der Waals surface area contributed by atoms with Crippen molar-refractivity contribution in [1.82, 2.24) is 5.32 Å². The maximum atomic E-state index is 13.6. The second-order valence-electron chi connectivity index (χ2n) is 6.01. The Balaban J connectivity index is 1.53. The van der Waals surface area contributed by atoms with Crippen LogP contribution in [0, 0.1) is 29.3 Å². The molecule has 1 saturated carbocycles. The lowest BCUT2D eigenvalue weighted by Gasteiger charge is -2.08. The minimum atomic E-state index is -1.66. The van der Waals surface area contributed by atoms with Crippen molar-refractivity contribution in [3.05, 3.63) is 64.4 Å². The molecule has 2 aromatic rings. The van der Waals surface area contributed by atoms with Gasteiger partial charge in [0.1, 0.15) is 0 Å². The van der Waals surface area contributed by atoms with Crippen LogP contribution < -0.4 is 10.6 Å². The van der Waals surface area contributed by atoms with Gasteiger partial charge in [-0.2, -0.15) is 0 Å². The van der Waals surface area contributed by atoms with E-state index in [1.807, 2.05) is 0 Å². The maximum Gasteiger partial charge on any atom is 0.228 e. The highest BCUT2D eigenvalue weighted by Gasteiger charge is 2.48. The van der Waals surface area contributed by atoms with Crippen molar-refractivity contribution in [3.8, 4) is 0 Å². The Bertz CT molecular complexity index is 858. The summed E-state index contributed by atoms with van der Waals surface area (Å²) in [5.74, 6) is -6.54. The van der Waals surface area contributed by atoms with Crippen LogP contribution in [0.15, 0.2) is 36.4 Å². The third-order valence-electron chi connectivity index (χ3n) is 4.14. The molecule has 0 heterocycles. The molecule has 0 aromatic heterocycles. The number of rotatable bonds is 5. The van der Waals surface area contributed by atoms with Crippen molar-refractivity contribution >= 4 is 29.1 Å². The van der Waals surface area contributed by atoms with Gasteiger partial charge in [0.25, 0.3) is 0 Å². The van der Waals surface area contributed by atoms with Crippen molar-refractivity contribution in [2.75, 3.05) is 5.32 Å². The topological polar surface area (TPSA) is 58.2 Å². The van der Waals surface area contributed by atoms with Gasteiger partial charge in [0.2, 0.25) is 11.8 Å². The molecule has 1 aliphatic rings. The van der Waals surface area contributed by atoms with E-state index in [9.17, 15) is 22.8 Å². The van der Waals surface area contributed by atoms with Crippen LogP contribution in [0.5, 0.6) is 0 Å². The highest BCUT2D eigenvalue weighted by Crippen LogP contribution is 2.39. The van der Waals surface area contributed by atoms with E-state index in [-0.39, 0.29) is 5.91 Å². The van der Waals surface area contributed by atoms with Gasteiger partial charge in [-0.1, -0.05) is 23.7 Å². The van der Waals surface area contributed by atoms with E-state index >= 15 is 0 Å². The first-order valence-corrected chi connectivity index (χ1v) is 8.21. The van der Waals surface area contributed by atoms with Crippen LogP contribution in [0.2, 0.25) is 5.02 Å². The molecule has 8 heteroatoms. The van der Waals surface area contributed by atoms with Crippen LogP contribution in [0.25, 0.3) is 0 Å².